The molecule has 0 saturated carbocycles. The number of ether oxygens (including phenoxy) is 3. The second kappa shape index (κ2) is 11.9. The number of allylic oxidation sites excluding steroid dienone is 1. The molecule has 2 atom stereocenters. The van der Waals surface area contributed by atoms with E-state index in [-0.39, 0.29) is 24.2 Å². The van der Waals surface area contributed by atoms with E-state index in [1.54, 1.807) is 18.9 Å². The number of carbonyl (C=O) groups excluding carboxylic acids is 3. The number of benzene rings is 1. The molecule has 0 N–H and O–H groups in total. The van der Waals surface area contributed by atoms with Crippen LogP contribution in [-0.2, 0) is 23.9 Å². The molecule has 3 aliphatic rings. The van der Waals surface area contributed by atoms with Crippen LogP contribution in [0.3, 0.4) is 0 Å². The van der Waals surface area contributed by atoms with E-state index in [0.717, 1.165) is 17.7 Å². The number of rotatable bonds is 7. The number of aliphatic imine (C=N–C) groups is 1. The van der Waals surface area contributed by atoms with E-state index in [1.165, 1.54) is 11.8 Å². The monoisotopic (exact) mass is 555 g/mol. The Bertz CT molecular complexity index is 1210. The fourth-order valence-corrected chi connectivity index (χ4v) is 5.95. The summed E-state index contributed by atoms with van der Waals surface area (Å²) in [4.78, 5) is 47.7. The SMILES string of the molecule is CCOC(=O)[C@H]1CCCN(C(=O)CC2=CSC3=NC(C)=C(C(=O)OC(C)(C)C)[C@H](c4ccc(OC)cc4)N23)C1. The first-order valence-corrected chi connectivity index (χ1v) is 14.2. The summed E-state index contributed by atoms with van der Waals surface area (Å²) in [7, 11) is 1.60. The summed E-state index contributed by atoms with van der Waals surface area (Å²) in [5.41, 5.74) is 1.93. The molecule has 1 amide bonds. The van der Waals surface area contributed by atoms with Gasteiger partial charge in [0.2, 0.25) is 5.91 Å². The molecule has 4 rings (SSSR count). The number of piperidine rings is 1. The van der Waals surface area contributed by atoms with E-state index in [2.05, 4.69) is 0 Å². The van der Waals surface area contributed by atoms with Crippen LogP contribution in [0.15, 0.2) is 51.6 Å². The molecule has 1 fully saturated rings. The Kier molecular flexibility index (Phi) is 8.73. The Morgan fingerprint density at radius 3 is 2.51 bits per heavy atom. The number of nitrogens with zero attached hydrogens (tertiary/aromatic N) is 3. The average Bonchev–Trinajstić information content (AvgIpc) is 3.28. The lowest BCUT2D eigenvalue weighted by atomic mass is 9.93. The molecule has 3 aliphatic heterocycles. The van der Waals surface area contributed by atoms with Gasteiger partial charge in [0, 0.05) is 18.8 Å². The Labute approximate surface area is 234 Å². The molecule has 0 aliphatic carbocycles. The fourth-order valence-electron chi connectivity index (χ4n) is 4.99. The number of amides is 1. The molecule has 1 aromatic rings. The van der Waals surface area contributed by atoms with E-state index < -0.39 is 17.6 Å². The average molecular weight is 556 g/mol. The molecule has 3 heterocycles. The molecule has 39 heavy (non-hydrogen) atoms. The van der Waals surface area contributed by atoms with E-state index in [1.807, 2.05) is 62.3 Å². The zero-order valence-corrected chi connectivity index (χ0v) is 24.3. The summed E-state index contributed by atoms with van der Waals surface area (Å²) < 4.78 is 16.3. The molecule has 0 spiro atoms. The minimum absolute atomic E-state index is 0.0735. The summed E-state index contributed by atoms with van der Waals surface area (Å²) in [5, 5.41) is 2.62. The summed E-state index contributed by atoms with van der Waals surface area (Å²) >= 11 is 1.43. The van der Waals surface area contributed by atoms with Crippen LogP contribution in [0.4, 0.5) is 0 Å². The highest BCUT2D eigenvalue weighted by atomic mass is 32.2. The van der Waals surface area contributed by atoms with Crippen LogP contribution >= 0.6 is 11.8 Å². The third-order valence-corrected chi connectivity index (χ3v) is 7.67. The van der Waals surface area contributed by atoms with Crippen molar-refractivity contribution in [1.29, 1.82) is 0 Å². The van der Waals surface area contributed by atoms with Crippen molar-refractivity contribution in [2.45, 2.75) is 65.5 Å². The lowest BCUT2D eigenvalue weighted by Crippen LogP contribution is -2.44. The fraction of sp³-hybridized carbons (Fsp3) is 0.517. The van der Waals surface area contributed by atoms with Gasteiger partial charge in [0.15, 0.2) is 5.17 Å². The van der Waals surface area contributed by atoms with Gasteiger partial charge in [0.25, 0.3) is 0 Å². The molecule has 0 bridgehead atoms. The first-order chi connectivity index (χ1) is 18.5. The van der Waals surface area contributed by atoms with Crippen LogP contribution in [0, 0.1) is 5.92 Å². The number of likely N-dealkylation sites (tertiary alicyclic amines) is 1. The first-order valence-electron chi connectivity index (χ1n) is 13.3. The summed E-state index contributed by atoms with van der Waals surface area (Å²) in [6.45, 7) is 10.4. The third-order valence-electron chi connectivity index (χ3n) is 6.78. The van der Waals surface area contributed by atoms with Gasteiger partial charge in [-0.05, 0) is 70.6 Å². The number of hydrogen-bond donors (Lipinski definition) is 0. The maximum Gasteiger partial charge on any atom is 0.338 e. The number of carbonyl (C=O) groups is 3. The van der Waals surface area contributed by atoms with Crippen LogP contribution in [0.1, 0.15) is 65.5 Å². The van der Waals surface area contributed by atoms with Crippen LogP contribution in [0.5, 0.6) is 5.75 Å². The van der Waals surface area contributed by atoms with Crippen molar-refractivity contribution < 1.29 is 28.6 Å². The van der Waals surface area contributed by atoms with E-state index in [4.69, 9.17) is 19.2 Å². The highest BCUT2D eigenvalue weighted by molar-refractivity contribution is 8.16. The number of amidine groups is 1. The zero-order chi connectivity index (χ0) is 28.3. The second-order valence-corrected chi connectivity index (χ2v) is 11.6. The van der Waals surface area contributed by atoms with Crippen LogP contribution < -0.4 is 4.74 Å². The van der Waals surface area contributed by atoms with Gasteiger partial charge in [0.1, 0.15) is 11.4 Å². The lowest BCUT2D eigenvalue weighted by Gasteiger charge is -2.38. The standard InChI is InChI=1S/C29H37N3O6S/c1-7-37-26(34)20-9-8-14-31(16-20)23(33)15-21-17-39-28-30-18(2)24(27(35)38-29(3,4)5)25(32(21)28)19-10-12-22(36-6)13-11-19/h10-13,17,20,25H,7-9,14-16H2,1-6H3/t20-,25-/m0/s1. The predicted octanol–water partition coefficient (Wildman–Crippen LogP) is 4.80. The van der Waals surface area contributed by atoms with E-state index >= 15 is 0 Å². The normalized spacial score (nSPS) is 21.2. The van der Waals surface area contributed by atoms with Gasteiger partial charge in [-0.2, -0.15) is 0 Å². The Balaban J connectivity index is 1.63. The van der Waals surface area contributed by atoms with Crippen molar-refractivity contribution in [3.63, 3.8) is 0 Å². The van der Waals surface area contributed by atoms with Crippen molar-refractivity contribution in [2.75, 3.05) is 26.8 Å². The zero-order valence-electron chi connectivity index (χ0n) is 23.5. The minimum Gasteiger partial charge on any atom is -0.497 e. The molecule has 0 unspecified atom stereocenters. The Morgan fingerprint density at radius 1 is 1.15 bits per heavy atom. The predicted molar refractivity (Wildman–Crippen MR) is 150 cm³/mol. The number of thioether (sulfide) groups is 1. The molecular weight excluding hydrogens is 518 g/mol. The smallest absolute Gasteiger partial charge is 0.338 e. The third kappa shape index (κ3) is 6.49. The van der Waals surface area contributed by atoms with E-state index in [0.29, 0.717) is 48.3 Å². The first kappa shape index (κ1) is 28.7. The molecule has 9 nitrogen and oxygen atoms in total. The molecule has 0 aromatic heterocycles. The highest BCUT2D eigenvalue weighted by Crippen LogP contribution is 2.45. The van der Waals surface area contributed by atoms with Gasteiger partial charge < -0.3 is 24.0 Å². The number of methoxy groups -OCH3 is 1. The van der Waals surface area contributed by atoms with Gasteiger partial charge in [-0.15, -0.1) is 0 Å². The molecule has 1 saturated heterocycles. The largest absolute Gasteiger partial charge is 0.497 e. The molecule has 0 radical (unpaired) electrons. The lowest BCUT2D eigenvalue weighted by molar-refractivity contribution is -0.152. The van der Waals surface area contributed by atoms with E-state index in [9.17, 15) is 14.4 Å². The molecule has 210 valence electrons. The molecule has 1 aromatic carbocycles. The Hall–Kier alpha value is -3.27. The quantitative estimate of drug-likeness (QED) is 0.443. The van der Waals surface area contributed by atoms with Crippen LogP contribution in [-0.4, -0.2) is 65.2 Å². The summed E-state index contributed by atoms with van der Waals surface area (Å²) in [5.74, 6) is -0.377. The van der Waals surface area contributed by atoms with Crippen molar-refractivity contribution in [3.05, 3.63) is 52.2 Å². The van der Waals surface area contributed by atoms with Crippen molar-refractivity contribution in [3.8, 4) is 5.75 Å². The number of fused-ring (bicyclic) bond motifs is 1. The summed E-state index contributed by atoms with van der Waals surface area (Å²) in [6.07, 6.45) is 1.58. The van der Waals surface area contributed by atoms with Crippen molar-refractivity contribution in [2.24, 2.45) is 10.9 Å². The summed E-state index contributed by atoms with van der Waals surface area (Å²) in [6, 6.07) is 7.01. The van der Waals surface area contributed by atoms with Crippen LogP contribution in [0.25, 0.3) is 0 Å². The van der Waals surface area contributed by atoms with Crippen molar-refractivity contribution >= 4 is 34.8 Å². The van der Waals surface area contributed by atoms with Gasteiger partial charge in [0.05, 0.1) is 43.4 Å². The maximum absolute atomic E-state index is 13.5. The maximum atomic E-state index is 13.5. The number of esters is 2. The highest BCUT2D eigenvalue weighted by Gasteiger charge is 2.42. The van der Waals surface area contributed by atoms with Crippen LogP contribution in [0.2, 0.25) is 0 Å². The second-order valence-electron chi connectivity index (χ2n) is 10.8. The number of hydrogen-bond acceptors (Lipinski definition) is 9. The van der Waals surface area contributed by atoms with Gasteiger partial charge in [-0.3, -0.25) is 9.59 Å². The van der Waals surface area contributed by atoms with Gasteiger partial charge >= 0.3 is 11.9 Å². The van der Waals surface area contributed by atoms with Gasteiger partial charge in [-0.1, -0.05) is 23.9 Å². The minimum atomic E-state index is -0.684. The Morgan fingerprint density at radius 2 is 1.87 bits per heavy atom. The molecule has 10 heteroatoms. The topological polar surface area (TPSA) is 97.7 Å². The van der Waals surface area contributed by atoms with Crippen molar-refractivity contribution in [1.82, 2.24) is 9.80 Å². The molecular formula is C29H37N3O6S. The van der Waals surface area contributed by atoms with Gasteiger partial charge in [-0.25, -0.2) is 9.79 Å².